The predicted octanol–water partition coefficient (Wildman–Crippen LogP) is 3.10. The van der Waals surface area contributed by atoms with E-state index in [1.54, 1.807) is 0 Å². The van der Waals surface area contributed by atoms with Crippen molar-refractivity contribution in [1.29, 1.82) is 0 Å². The first-order chi connectivity index (χ1) is 9.83. The highest BCUT2D eigenvalue weighted by Gasteiger charge is 2.10. The van der Waals surface area contributed by atoms with Gasteiger partial charge in [0.05, 0.1) is 6.54 Å². The highest BCUT2D eigenvalue weighted by atomic mass is 32.2. The van der Waals surface area contributed by atoms with E-state index < -0.39 is 10.8 Å². The Balaban J connectivity index is 1.79. The number of benzene rings is 2. The summed E-state index contributed by atoms with van der Waals surface area (Å²) in [6.07, 6.45) is 1.86. The van der Waals surface area contributed by atoms with Gasteiger partial charge in [-0.15, -0.1) is 0 Å². The summed E-state index contributed by atoms with van der Waals surface area (Å²) in [6, 6.07) is 21.3. The summed E-state index contributed by atoms with van der Waals surface area (Å²) in [5.74, 6) is 0. The molecule has 0 bridgehead atoms. The Hall–Kier alpha value is -2.20. The van der Waals surface area contributed by atoms with Crippen LogP contribution in [-0.2, 0) is 17.3 Å². The van der Waals surface area contributed by atoms with Gasteiger partial charge in [-0.2, -0.15) is 5.10 Å². The third kappa shape index (κ3) is 2.86. The van der Waals surface area contributed by atoms with Crippen LogP contribution in [0.25, 0.3) is 0 Å². The molecule has 0 amide bonds. The van der Waals surface area contributed by atoms with E-state index in [9.17, 15) is 4.21 Å². The molecule has 1 unspecified atom stereocenters. The summed E-state index contributed by atoms with van der Waals surface area (Å²) in [5.41, 5.74) is 1.17. The molecule has 1 aromatic heterocycles. The van der Waals surface area contributed by atoms with Crippen LogP contribution in [0, 0.1) is 0 Å². The summed E-state index contributed by atoms with van der Waals surface area (Å²) in [7, 11) is -1.22. The van der Waals surface area contributed by atoms with Crippen LogP contribution in [0.3, 0.4) is 0 Å². The highest BCUT2D eigenvalue weighted by molar-refractivity contribution is 7.85. The maximum absolute atomic E-state index is 12.3. The van der Waals surface area contributed by atoms with Crippen molar-refractivity contribution in [2.24, 2.45) is 0 Å². The van der Waals surface area contributed by atoms with E-state index in [1.807, 2.05) is 65.5 Å². The lowest BCUT2D eigenvalue weighted by Gasteiger charge is -2.01. The van der Waals surface area contributed by atoms with E-state index in [2.05, 4.69) is 17.2 Å². The molecular weight excluding hydrogens is 268 g/mol. The van der Waals surface area contributed by atoms with Gasteiger partial charge in [0.25, 0.3) is 0 Å². The van der Waals surface area contributed by atoms with E-state index in [-0.39, 0.29) is 0 Å². The zero-order valence-electron chi connectivity index (χ0n) is 10.8. The average Bonchev–Trinajstić information content (AvgIpc) is 2.97. The molecule has 0 aliphatic rings. The molecule has 0 aliphatic heterocycles. The standard InChI is InChI=1S/C16H14N2OS/c19-20(15-9-5-2-6-10-15)16-11-12-18(17-16)13-14-7-3-1-4-8-14/h1-12H,13H2. The van der Waals surface area contributed by atoms with Crippen molar-refractivity contribution in [3.63, 3.8) is 0 Å². The molecule has 0 aliphatic carbocycles. The quantitative estimate of drug-likeness (QED) is 0.737. The monoisotopic (exact) mass is 282 g/mol. The molecule has 0 fully saturated rings. The molecule has 3 rings (SSSR count). The van der Waals surface area contributed by atoms with Crippen molar-refractivity contribution in [3.8, 4) is 0 Å². The van der Waals surface area contributed by atoms with E-state index >= 15 is 0 Å². The third-order valence-electron chi connectivity index (χ3n) is 2.95. The second-order valence-corrected chi connectivity index (χ2v) is 5.85. The molecule has 1 atom stereocenters. The van der Waals surface area contributed by atoms with Crippen molar-refractivity contribution in [2.45, 2.75) is 16.5 Å². The second kappa shape index (κ2) is 5.84. The number of hydrogen-bond donors (Lipinski definition) is 0. The third-order valence-corrected chi connectivity index (χ3v) is 4.25. The van der Waals surface area contributed by atoms with Crippen molar-refractivity contribution in [3.05, 3.63) is 78.5 Å². The fourth-order valence-electron chi connectivity index (χ4n) is 1.97. The normalized spacial score (nSPS) is 12.2. The molecule has 0 spiro atoms. The lowest BCUT2D eigenvalue weighted by molar-refractivity contribution is 0.649. The first-order valence-electron chi connectivity index (χ1n) is 6.37. The van der Waals surface area contributed by atoms with Crippen molar-refractivity contribution in [1.82, 2.24) is 9.78 Å². The van der Waals surface area contributed by atoms with Gasteiger partial charge < -0.3 is 0 Å². The van der Waals surface area contributed by atoms with Gasteiger partial charge in [0.1, 0.15) is 10.8 Å². The fourth-order valence-corrected chi connectivity index (χ4v) is 2.97. The van der Waals surface area contributed by atoms with Crippen LogP contribution in [-0.4, -0.2) is 14.0 Å². The van der Waals surface area contributed by atoms with E-state index in [1.165, 1.54) is 5.56 Å². The van der Waals surface area contributed by atoms with Crippen LogP contribution in [0.4, 0.5) is 0 Å². The number of hydrogen-bond acceptors (Lipinski definition) is 2. The lowest BCUT2D eigenvalue weighted by atomic mass is 10.2. The van der Waals surface area contributed by atoms with E-state index in [0.717, 1.165) is 4.90 Å². The highest BCUT2D eigenvalue weighted by Crippen LogP contribution is 2.14. The van der Waals surface area contributed by atoms with Gasteiger partial charge in [-0.1, -0.05) is 48.5 Å². The minimum Gasteiger partial charge on any atom is -0.267 e. The van der Waals surface area contributed by atoms with Crippen LogP contribution in [0.1, 0.15) is 5.56 Å². The number of aromatic nitrogens is 2. The largest absolute Gasteiger partial charge is 0.267 e. The minimum absolute atomic E-state index is 0.590. The zero-order valence-corrected chi connectivity index (χ0v) is 11.7. The van der Waals surface area contributed by atoms with Crippen LogP contribution in [0.15, 0.2) is 82.8 Å². The molecule has 0 saturated carbocycles. The number of nitrogens with zero attached hydrogens (tertiary/aromatic N) is 2. The number of rotatable bonds is 4. The summed E-state index contributed by atoms with van der Waals surface area (Å²) in [6.45, 7) is 0.687. The SMILES string of the molecule is O=S(c1ccccc1)c1ccn(Cc2ccccc2)n1. The van der Waals surface area contributed by atoms with Crippen LogP contribution in [0.5, 0.6) is 0 Å². The van der Waals surface area contributed by atoms with Crippen LogP contribution < -0.4 is 0 Å². The molecule has 100 valence electrons. The molecule has 0 saturated heterocycles. The van der Waals surface area contributed by atoms with Crippen molar-refractivity contribution < 1.29 is 4.21 Å². The Kier molecular flexibility index (Phi) is 3.74. The topological polar surface area (TPSA) is 34.9 Å². The maximum atomic E-state index is 12.3. The fraction of sp³-hybridized carbons (Fsp3) is 0.0625. The average molecular weight is 282 g/mol. The first-order valence-corrected chi connectivity index (χ1v) is 7.52. The van der Waals surface area contributed by atoms with Gasteiger partial charge in [-0.25, -0.2) is 4.21 Å². The Morgan fingerprint density at radius 2 is 1.55 bits per heavy atom. The van der Waals surface area contributed by atoms with Crippen LogP contribution >= 0.6 is 0 Å². The summed E-state index contributed by atoms with van der Waals surface area (Å²) in [4.78, 5) is 0.775. The molecule has 20 heavy (non-hydrogen) atoms. The molecule has 3 nitrogen and oxygen atoms in total. The predicted molar refractivity (Wildman–Crippen MR) is 78.9 cm³/mol. The maximum Gasteiger partial charge on any atom is 0.154 e. The zero-order chi connectivity index (χ0) is 13.8. The molecule has 2 aromatic carbocycles. The lowest BCUT2D eigenvalue weighted by Crippen LogP contribution is -2.02. The summed E-state index contributed by atoms with van der Waals surface area (Å²) < 4.78 is 14.2. The molecular formula is C16H14N2OS. The van der Waals surface area contributed by atoms with Gasteiger partial charge in [0, 0.05) is 11.1 Å². The smallest absolute Gasteiger partial charge is 0.154 e. The Bertz CT molecular complexity index is 708. The Morgan fingerprint density at radius 3 is 2.25 bits per heavy atom. The van der Waals surface area contributed by atoms with Crippen molar-refractivity contribution in [2.75, 3.05) is 0 Å². The molecule has 0 radical (unpaired) electrons. The van der Waals surface area contributed by atoms with Crippen LogP contribution in [0.2, 0.25) is 0 Å². The summed E-state index contributed by atoms with van der Waals surface area (Å²) >= 11 is 0. The molecule has 4 heteroatoms. The van der Waals surface area contributed by atoms with Gasteiger partial charge in [0.15, 0.2) is 5.03 Å². The van der Waals surface area contributed by atoms with Gasteiger partial charge in [-0.3, -0.25) is 4.68 Å². The Morgan fingerprint density at radius 1 is 0.900 bits per heavy atom. The van der Waals surface area contributed by atoms with E-state index in [0.29, 0.717) is 11.6 Å². The van der Waals surface area contributed by atoms with Gasteiger partial charge >= 0.3 is 0 Å². The molecule has 3 aromatic rings. The summed E-state index contributed by atoms with van der Waals surface area (Å²) in [5, 5.41) is 4.99. The van der Waals surface area contributed by atoms with Crippen molar-refractivity contribution >= 4 is 10.8 Å². The minimum atomic E-state index is -1.22. The van der Waals surface area contributed by atoms with Gasteiger partial charge in [0.2, 0.25) is 0 Å². The second-order valence-electron chi connectivity index (χ2n) is 4.42. The van der Waals surface area contributed by atoms with E-state index in [4.69, 9.17) is 0 Å². The first kappa shape index (κ1) is 12.8. The molecule has 1 heterocycles. The molecule has 0 N–H and O–H groups in total. The Labute approximate surface area is 120 Å². The van der Waals surface area contributed by atoms with Gasteiger partial charge in [-0.05, 0) is 23.8 Å².